The number of tetrazole rings is 1. The van der Waals surface area contributed by atoms with E-state index in [0.717, 1.165) is 24.9 Å². The van der Waals surface area contributed by atoms with Crippen molar-refractivity contribution in [3.05, 3.63) is 36.2 Å². The van der Waals surface area contributed by atoms with E-state index < -0.39 is 0 Å². The molecule has 1 saturated carbocycles. The third-order valence-corrected chi connectivity index (χ3v) is 3.87. The van der Waals surface area contributed by atoms with Gasteiger partial charge in [-0.1, -0.05) is 12.5 Å². The topological polar surface area (TPSA) is 92.9 Å². The van der Waals surface area contributed by atoms with Crippen LogP contribution in [0.4, 0.5) is 0 Å². The Morgan fingerprint density at radius 1 is 1.43 bits per heavy atom. The van der Waals surface area contributed by atoms with E-state index in [9.17, 15) is 9.90 Å². The van der Waals surface area contributed by atoms with E-state index in [1.807, 2.05) is 6.07 Å². The summed E-state index contributed by atoms with van der Waals surface area (Å²) in [5, 5.41) is 23.6. The number of hydrogen-bond donors (Lipinski definition) is 2. The van der Waals surface area contributed by atoms with Crippen molar-refractivity contribution >= 4 is 5.91 Å². The minimum absolute atomic E-state index is 0.149. The summed E-state index contributed by atoms with van der Waals surface area (Å²) in [7, 11) is 0. The second-order valence-electron chi connectivity index (χ2n) is 5.27. The largest absolute Gasteiger partial charge is 0.393 e. The lowest BCUT2D eigenvalue weighted by atomic mass is 10.1. The Kier molecular flexibility index (Phi) is 3.92. The highest BCUT2D eigenvalue weighted by Gasteiger charge is 2.25. The molecule has 0 spiro atoms. The molecule has 21 heavy (non-hydrogen) atoms. The summed E-state index contributed by atoms with van der Waals surface area (Å²) in [6.45, 7) is 0.509. The standard InChI is InChI=1S/C14H17N5O2/c20-13-6-2-4-11(13)8-15-14(21)10-3-1-5-12(7-10)19-9-16-17-18-19/h1,3,5,7,9,11,13,20H,2,4,6,8H2,(H,15,21). The first kappa shape index (κ1) is 13.7. The summed E-state index contributed by atoms with van der Waals surface area (Å²) in [4.78, 5) is 12.2. The van der Waals surface area contributed by atoms with Gasteiger partial charge in [0.1, 0.15) is 6.33 Å². The Morgan fingerprint density at radius 3 is 3.05 bits per heavy atom. The lowest BCUT2D eigenvalue weighted by molar-refractivity contribution is 0.0917. The van der Waals surface area contributed by atoms with E-state index in [1.165, 1.54) is 11.0 Å². The minimum atomic E-state index is -0.294. The summed E-state index contributed by atoms with van der Waals surface area (Å²) in [6, 6.07) is 7.09. The highest BCUT2D eigenvalue weighted by molar-refractivity contribution is 5.94. The van der Waals surface area contributed by atoms with Gasteiger partial charge in [0, 0.05) is 18.0 Å². The summed E-state index contributed by atoms with van der Waals surface area (Å²) >= 11 is 0. The lowest BCUT2D eigenvalue weighted by Crippen LogP contribution is -2.32. The van der Waals surface area contributed by atoms with Crippen molar-refractivity contribution < 1.29 is 9.90 Å². The Labute approximate surface area is 122 Å². The predicted octanol–water partition coefficient (Wildman–Crippen LogP) is 0.553. The highest BCUT2D eigenvalue weighted by atomic mass is 16.3. The molecule has 0 radical (unpaired) electrons. The monoisotopic (exact) mass is 287 g/mol. The van der Waals surface area contributed by atoms with Gasteiger partial charge < -0.3 is 10.4 Å². The zero-order valence-corrected chi connectivity index (χ0v) is 11.5. The van der Waals surface area contributed by atoms with Crippen molar-refractivity contribution in [1.29, 1.82) is 0 Å². The van der Waals surface area contributed by atoms with Crippen LogP contribution in [0.2, 0.25) is 0 Å². The molecule has 7 heteroatoms. The molecule has 2 aromatic rings. The molecular formula is C14H17N5O2. The lowest BCUT2D eigenvalue weighted by Gasteiger charge is -2.15. The number of amides is 1. The average Bonchev–Trinajstić information content (AvgIpc) is 3.16. The van der Waals surface area contributed by atoms with Crippen LogP contribution in [0.25, 0.3) is 5.69 Å². The maximum atomic E-state index is 12.2. The van der Waals surface area contributed by atoms with Crippen LogP contribution in [0.1, 0.15) is 29.6 Å². The Hall–Kier alpha value is -2.28. The quantitative estimate of drug-likeness (QED) is 0.856. The molecule has 0 saturated heterocycles. The van der Waals surface area contributed by atoms with Gasteiger partial charge >= 0.3 is 0 Å². The van der Waals surface area contributed by atoms with Crippen LogP contribution in [-0.4, -0.2) is 43.9 Å². The van der Waals surface area contributed by atoms with Crippen LogP contribution < -0.4 is 5.32 Å². The number of aliphatic hydroxyl groups is 1. The number of carbonyl (C=O) groups is 1. The van der Waals surface area contributed by atoms with Crippen LogP contribution in [0.15, 0.2) is 30.6 Å². The molecule has 0 bridgehead atoms. The van der Waals surface area contributed by atoms with Crippen molar-refractivity contribution in [1.82, 2.24) is 25.5 Å². The Bertz CT molecular complexity index is 614. The van der Waals surface area contributed by atoms with Crippen molar-refractivity contribution in [3.63, 3.8) is 0 Å². The molecule has 1 heterocycles. The van der Waals surface area contributed by atoms with Gasteiger partial charge in [-0.25, -0.2) is 4.68 Å². The molecule has 110 valence electrons. The average molecular weight is 287 g/mol. The van der Waals surface area contributed by atoms with Crippen molar-refractivity contribution in [2.24, 2.45) is 5.92 Å². The summed E-state index contributed by atoms with van der Waals surface area (Å²) in [5.41, 5.74) is 1.28. The maximum absolute atomic E-state index is 12.2. The SMILES string of the molecule is O=C(NCC1CCCC1O)c1cccc(-n2cnnn2)c1. The number of nitrogens with one attached hydrogen (secondary N) is 1. The van der Waals surface area contributed by atoms with E-state index in [1.54, 1.807) is 18.2 Å². The molecule has 7 nitrogen and oxygen atoms in total. The first-order chi connectivity index (χ1) is 10.2. The predicted molar refractivity (Wildman–Crippen MR) is 74.8 cm³/mol. The second kappa shape index (κ2) is 6.01. The summed E-state index contributed by atoms with van der Waals surface area (Å²) < 4.78 is 1.50. The first-order valence-corrected chi connectivity index (χ1v) is 7.04. The van der Waals surface area contributed by atoms with Gasteiger partial charge in [-0.2, -0.15) is 0 Å². The molecule has 1 aliphatic carbocycles. The second-order valence-corrected chi connectivity index (χ2v) is 5.27. The molecule has 1 aromatic heterocycles. The van der Waals surface area contributed by atoms with E-state index in [0.29, 0.717) is 12.1 Å². The summed E-state index contributed by atoms with van der Waals surface area (Å²) in [5.74, 6) is 0.0145. The third kappa shape index (κ3) is 3.08. The number of aromatic nitrogens is 4. The van der Waals surface area contributed by atoms with Gasteiger partial charge in [-0.05, 0) is 41.5 Å². The zero-order chi connectivity index (χ0) is 14.7. The Balaban J connectivity index is 1.66. The van der Waals surface area contributed by atoms with Gasteiger partial charge in [0.15, 0.2) is 0 Å². The molecule has 3 rings (SSSR count). The smallest absolute Gasteiger partial charge is 0.251 e. The Morgan fingerprint density at radius 2 is 2.33 bits per heavy atom. The molecule has 1 amide bonds. The maximum Gasteiger partial charge on any atom is 0.251 e. The molecule has 2 unspecified atom stereocenters. The van der Waals surface area contributed by atoms with Gasteiger partial charge in [0.2, 0.25) is 0 Å². The molecule has 1 aliphatic rings. The summed E-state index contributed by atoms with van der Waals surface area (Å²) in [6.07, 6.45) is 4.00. The molecule has 1 aromatic carbocycles. The van der Waals surface area contributed by atoms with Crippen LogP contribution in [0.5, 0.6) is 0 Å². The van der Waals surface area contributed by atoms with Crippen molar-refractivity contribution in [2.75, 3.05) is 6.54 Å². The van der Waals surface area contributed by atoms with Gasteiger partial charge in [0.25, 0.3) is 5.91 Å². The molecule has 2 N–H and O–H groups in total. The van der Waals surface area contributed by atoms with E-state index >= 15 is 0 Å². The number of rotatable bonds is 4. The normalized spacial score (nSPS) is 21.4. The van der Waals surface area contributed by atoms with Crippen molar-refractivity contribution in [3.8, 4) is 5.69 Å². The van der Waals surface area contributed by atoms with Gasteiger partial charge in [-0.15, -0.1) is 5.10 Å². The number of carbonyl (C=O) groups excluding carboxylic acids is 1. The third-order valence-electron chi connectivity index (χ3n) is 3.87. The van der Waals surface area contributed by atoms with Crippen LogP contribution >= 0.6 is 0 Å². The van der Waals surface area contributed by atoms with E-state index in [-0.39, 0.29) is 17.9 Å². The van der Waals surface area contributed by atoms with Crippen LogP contribution in [-0.2, 0) is 0 Å². The fourth-order valence-corrected chi connectivity index (χ4v) is 2.65. The fourth-order valence-electron chi connectivity index (χ4n) is 2.65. The first-order valence-electron chi connectivity index (χ1n) is 7.04. The number of aliphatic hydroxyl groups excluding tert-OH is 1. The van der Waals surface area contributed by atoms with Crippen LogP contribution in [0, 0.1) is 5.92 Å². The molecule has 0 aliphatic heterocycles. The van der Waals surface area contributed by atoms with Gasteiger partial charge in [0.05, 0.1) is 11.8 Å². The van der Waals surface area contributed by atoms with Crippen molar-refractivity contribution in [2.45, 2.75) is 25.4 Å². The number of hydrogen-bond acceptors (Lipinski definition) is 5. The molecule has 2 atom stereocenters. The minimum Gasteiger partial charge on any atom is -0.393 e. The number of nitrogens with zero attached hydrogens (tertiary/aromatic N) is 4. The van der Waals surface area contributed by atoms with Crippen LogP contribution in [0.3, 0.4) is 0 Å². The zero-order valence-electron chi connectivity index (χ0n) is 11.5. The van der Waals surface area contributed by atoms with E-state index in [2.05, 4.69) is 20.8 Å². The highest BCUT2D eigenvalue weighted by Crippen LogP contribution is 2.24. The fraction of sp³-hybridized carbons (Fsp3) is 0.429. The van der Waals surface area contributed by atoms with Gasteiger partial charge in [-0.3, -0.25) is 4.79 Å². The van der Waals surface area contributed by atoms with E-state index in [4.69, 9.17) is 0 Å². The molecule has 1 fully saturated rings. The molecular weight excluding hydrogens is 270 g/mol. The number of benzene rings is 1.